The topological polar surface area (TPSA) is 79.8 Å². The van der Waals surface area contributed by atoms with Crippen molar-refractivity contribution < 1.29 is 31.8 Å². The molecule has 180 valence electrons. The summed E-state index contributed by atoms with van der Waals surface area (Å²) < 4.78 is 63.3. The average molecular weight is 471 g/mol. The molecule has 33 heavy (non-hydrogen) atoms. The van der Waals surface area contributed by atoms with Gasteiger partial charge in [0.05, 0.1) is 18.9 Å². The van der Waals surface area contributed by atoms with Crippen LogP contribution in [0.15, 0.2) is 18.3 Å². The average Bonchev–Trinajstić information content (AvgIpc) is 2.80. The summed E-state index contributed by atoms with van der Waals surface area (Å²) in [5.74, 6) is -0.617. The summed E-state index contributed by atoms with van der Waals surface area (Å²) in [6, 6.07) is 3.05. The maximum absolute atomic E-state index is 13.2. The van der Waals surface area contributed by atoms with Crippen molar-refractivity contribution in [1.29, 1.82) is 0 Å². The SMILES string of the molecule is CCN(c1ncc(C(F)(F)F)c(NC)n1)c1cc(C)c(C(=O)N2CCOCC2)cc1OCF. The fourth-order valence-electron chi connectivity index (χ4n) is 3.55. The van der Waals surface area contributed by atoms with E-state index in [0.29, 0.717) is 49.3 Å². The van der Waals surface area contributed by atoms with E-state index >= 15 is 0 Å². The minimum absolute atomic E-state index is 0.0368. The fraction of sp³-hybridized carbons (Fsp3) is 0.476. The molecule has 2 heterocycles. The molecule has 0 atom stereocenters. The number of nitrogens with one attached hydrogen (secondary N) is 1. The smallest absolute Gasteiger partial charge is 0.421 e. The molecule has 0 radical (unpaired) electrons. The van der Waals surface area contributed by atoms with Gasteiger partial charge in [0.25, 0.3) is 5.91 Å². The Hall–Kier alpha value is -3.15. The fourth-order valence-corrected chi connectivity index (χ4v) is 3.55. The molecule has 0 saturated carbocycles. The number of hydrogen-bond donors (Lipinski definition) is 1. The minimum Gasteiger partial charge on any atom is -0.461 e. The second-order valence-corrected chi connectivity index (χ2v) is 7.22. The van der Waals surface area contributed by atoms with Gasteiger partial charge >= 0.3 is 6.18 Å². The number of nitrogens with zero attached hydrogens (tertiary/aromatic N) is 4. The van der Waals surface area contributed by atoms with Crippen molar-refractivity contribution in [2.75, 3.05) is 57.0 Å². The predicted molar refractivity (Wildman–Crippen MR) is 114 cm³/mol. The van der Waals surface area contributed by atoms with Crippen LogP contribution in [0.3, 0.4) is 0 Å². The first-order chi connectivity index (χ1) is 15.7. The van der Waals surface area contributed by atoms with Crippen molar-refractivity contribution in [2.24, 2.45) is 0 Å². The van der Waals surface area contributed by atoms with Gasteiger partial charge in [-0.15, -0.1) is 0 Å². The number of amides is 1. The van der Waals surface area contributed by atoms with Gasteiger partial charge in [0.2, 0.25) is 12.8 Å². The number of anilines is 3. The van der Waals surface area contributed by atoms with Crippen LogP contribution in [0.5, 0.6) is 5.75 Å². The van der Waals surface area contributed by atoms with Gasteiger partial charge in [0, 0.05) is 38.4 Å². The van der Waals surface area contributed by atoms with Crippen LogP contribution in [0.2, 0.25) is 0 Å². The summed E-state index contributed by atoms with van der Waals surface area (Å²) >= 11 is 0. The van der Waals surface area contributed by atoms with E-state index in [1.165, 1.54) is 18.0 Å². The lowest BCUT2D eigenvalue weighted by atomic mass is 10.0. The lowest BCUT2D eigenvalue weighted by Gasteiger charge is -2.29. The van der Waals surface area contributed by atoms with E-state index in [1.807, 2.05) is 0 Å². The van der Waals surface area contributed by atoms with Crippen LogP contribution in [0.25, 0.3) is 0 Å². The van der Waals surface area contributed by atoms with E-state index < -0.39 is 24.4 Å². The van der Waals surface area contributed by atoms with E-state index in [1.54, 1.807) is 24.8 Å². The highest BCUT2D eigenvalue weighted by molar-refractivity contribution is 5.97. The highest BCUT2D eigenvalue weighted by Crippen LogP contribution is 2.38. The van der Waals surface area contributed by atoms with Gasteiger partial charge in [0.1, 0.15) is 17.1 Å². The first-order valence-electron chi connectivity index (χ1n) is 10.3. The molecule has 1 amide bonds. The summed E-state index contributed by atoms with van der Waals surface area (Å²) in [6.45, 7) is 4.28. The molecule has 3 rings (SSSR count). The molecule has 0 unspecified atom stereocenters. The molecule has 1 N–H and O–H groups in total. The van der Waals surface area contributed by atoms with Gasteiger partial charge in [0.15, 0.2) is 0 Å². The normalized spacial score (nSPS) is 14.2. The molecule has 1 aliphatic rings. The Morgan fingerprint density at radius 1 is 1.30 bits per heavy atom. The van der Waals surface area contributed by atoms with E-state index in [4.69, 9.17) is 9.47 Å². The van der Waals surface area contributed by atoms with Crippen LogP contribution in [-0.2, 0) is 10.9 Å². The Balaban J connectivity index is 2.04. The van der Waals surface area contributed by atoms with Gasteiger partial charge < -0.3 is 24.6 Å². The lowest BCUT2D eigenvalue weighted by Crippen LogP contribution is -2.41. The van der Waals surface area contributed by atoms with E-state index in [0.717, 1.165) is 0 Å². The minimum atomic E-state index is -4.63. The molecular formula is C21H25F4N5O3. The van der Waals surface area contributed by atoms with Gasteiger partial charge in [-0.05, 0) is 31.5 Å². The number of alkyl halides is 4. The van der Waals surface area contributed by atoms with Crippen LogP contribution in [-0.4, -0.2) is 67.5 Å². The van der Waals surface area contributed by atoms with Gasteiger partial charge in [-0.25, -0.2) is 9.37 Å². The maximum atomic E-state index is 13.2. The van der Waals surface area contributed by atoms with Crippen molar-refractivity contribution >= 4 is 23.4 Å². The zero-order valence-electron chi connectivity index (χ0n) is 18.5. The van der Waals surface area contributed by atoms with Crippen LogP contribution >= 0.6 is 0 Å². The Labute approximate surface area is 188 Å². The van der Waals surface area contributed by atoms with Crippen molar-refractivity contribution in [3.8, 4) is 5.75 Å². The monoisotopic (exact) mass is 471 g/mol. The van der Waals surface area contributed by atoms with Crippen LogP contribution < -0.4 is 15.0 Å². The van der Waals surface area contributed by atoms with Gasteiger partial charge in [-0.1, -0.05) is 0 Å². The van der Waals surface area contributed by atoms with Gasteiger partial charge in [-0.3, -0.25) is 4.79 Å². The third-order valence-corrected chi connectivity index (χ3v) is 5.21. The molecule has 1 aromatic heterocycles. The summed E-state index contributed by atoms with van der Waals surface area (Å²) in [5, 5.41) is 2.44. The van der Waals surface area contributed by atoms with Crippen LogP contribution in [0.4, 0.5) is 35.0 Å². The number of rotatable bonds is 7. The van der Waals surface area contributed by atoms with Crippen molar-refractivity contribution in [2.45, 2.75) is 20.0 Å². The van der Waals surface area contributed by atoms with Crippen LogP contribution in [0.1, 0.15) is 28.4 Å². The largest absolute Gasteiger partial charge is 0.461 e. The number of halogens is 4. The van der Waals surface area contributed by atoms with Crippen molar-refractivity contribution in [3.05, 3.63) is 35.0 Å². The zero-order valence-corrected chi connectivity index (χ0v) is 18.5. The molecule has 1 fully saturated rings. The van der Waals surface area contributed by atoms with E-state index in [9.17, 15) is 22.4 Å². The molecule has 12 heteroatoms. The Morgan fingerprint density at radius 2 is 2.00 bits per heavy atom. The first kappa shape index (κ1) is 24.5. The Kier molecular flexibility index (Phi) is 7.57. The number of aromatic nitrogens is 2. The standard InChI is InChI=1S/C21H25F4N5O3/c1-4-30(20-27-11-15(21(23,24)25)18(26-3)28-20)16-9-13(2)14(10-17(16)33-12-22)19(31)29-5-7-32-8-6-29/h9-11H,4-8,12H2,1-3H3,(H,26,27,28). The molecule has 0 aliphatic carbocycles. The lowest BCUT2D eigenvalue weighted by molar-refractivity contribution is -0.137. The molecule has 1 aromatic carbocycles. The molecule has 1 saturated heterocycles. The molecule has 2 aromatic rings. The Morgan fingerprint density at radius 3 is 2.58 bits per heavy atom. The van der Waals surface area contributed by atoms with E-state index in [2.05, 4.69) is 15.3 Å². The third kappa shape index (κ3) is 5.27. The number of carbonyl (C=O) groups excluding carboxylic acids is 1. The number of aryl methyl sites for hydroxylation is 1. The predicted octanol–water partition coefficient (Wildman–Crippen LogP) is 3.78. The van der Waals surface area contributed by atoms with E-state index in [-0.39, 0.29) is 24.1 Å². The number of hydrogen-bond acceptors (Lipinski definition) is 7. The number of carbonyl (C=O) groups is 1. The summed E-state index contributed by atoms with van der Waals surface area (Å²) in [5.41, 5.74) is 0.247. The summed E-state index contributed by atoms with van der Waals surface area (Å²) in [4.78, 5) is 24.0. The van der Waals surface area contributed by atoms with Crippen molar-refractivity contribution in [1.82, 2.24) is 14.9 Å². The second kappa shape index (κ2) is 10.2. The van der Waals surface area contributed by atoms with Gasteiger partial charge in [-0.2, -0.15) is 18.2 Å². The molecule has 8 nitrogen and oxygen atoms in total. The summed E-state index contributed by atoms with van der Waals surface area (Å²) in [6.07, 6.45) is -3.94. The quantitative estimate of drug-likeness (QED) is 0.616. The molecule has 1 aliphatic heterocycles. The first-order valence-corrected chi connectivity index (χ1v) is 10.3. The van der Waals surface area contributed by atoms with Crippen LogP contribution in [0, 0.1) is 6.92 Å². The highest BCUT2D eigenvalue weighted by atomic mass is 19.4. The molecular weight excluding hydrogens is 446 g/mol. The second-order valence-electron chi connectivity index (χ2n) is 7.22. The Bertz CT molecular complexity index is 997. The number of benzene rings is 1. The molecule has 0 spiro atoms. The van der Waals surface area contributed by atoms with Crippen molar-refractivity contribution in [3.63, 3.8) is 0 Å². The number of ether oxygens (including phenoxy) is 2. The maximum Gasteiger partial charge on any atom is 0.421 e. The number of morpholine rings is 1. The summed E-state index contributed by atoms with van der Waals surface area (Å²) in [7, 11) is 1.32. The highest BCUT2D eigenvalue weighted by Gasteiger charge is 2.35. The third-order valence-electron chi connectivity index (χ3n) is 5.21. The zero-order chi connectivity index (χ0) is 24.2. The molecule has 0 bridgehead atoms.